The predicted octanol–water partition coefficient (Wildman–Crippen LogP) is 3.15. The van der Waals surface area contributed by atoms with Crippen LogP contribution in [0.5, 0.6) is 0 Å². The highest BCUT2D eigenvalue weighted by atomic mass is 35.5. The Bertz CT molecular complexity index is 416. The summed E-state index contributed by atoms with van der Waals surface area (Å²) >= 11 is 7.63. The zero-order valence-electron chi connectivity index (χ0n) is 10.7. The average Bonchev–Trinajstić information content (AvgIpc) is 2.79. The van der Waals surface area contributed by atoms with Gasteiger partial charge in [0.2, 0.25) is 0 Å². The molecule has 0 saturated carbocycles. The summed E-state index contributed by atoms with van der Waals surface area (Å²) in [4.78, 5) is 3.65. The summed E-state index contributed by atoms with van der Waals surface area (Å²) in [6, 6.07) is 5.05. The Hall–Kier alpha value is -0.530. The highest BCUT2D eigenvalue weighted by Gasteiger charge is 2.20. The Morgan fingerprint density at radius 3 is 2.83 bits per heavy atom. The third-order valence-electron chi connectivity index (χ3n) is 3.41. The van der Waals surface area contributed by atoms with Gasteiger partial charge in [-0.25, -0.2) is 0 Å². The molecule has 0 bridgehead atoms. The van der Waals surface area contributed by atoms with Gasteiger partial charge >= 0.3 is 0 Å². The standard InChI is InChI=1S/C14H19ClN2S/c1-3-8-17-9-6-12(7-10-17)16-11(2)13-4-5-14(15)18-13/h1,4-5,11-12,16H,6-10H2,2H3. The average molecular weight is 283 g/mol. The number of hydrogen-bond donors (Lipinski definition) is 1. The van der Waals surface area contributed by atoms with Crippen LogP contribution >= 0.6 is 22.9 Å². The molecule has 1 aliphatic rings. The van der Waals surface area contributed by atoms with Gasteiger partial charge in [-0.1, -0.05) is 17.5 Å². The van der Waals surface area contributed by atoms with Crippen LogP contribution in [0, 0.1) is 12.3 Å². The van der Waals surface area contributed by atoms with Gasteiger partial charge in [0, 0.05) is 30.1 Å². The zero-order chi connectivity index (χ0) is 13.0. The van der Waals surface area contributed by atoms with E-state index in [1.165, 1.54) is 17.7 Å². The summed E-state index contributed by atoms with van der Waals surface area (Å²) < 4.78 is 0.863. The lowest BCUT2D eigenvalue weighted by molar-refractivity contribution is 0.211. The molecule has 1 N–H and O–H groups in total. The molecule has 2 heterocycles. The molecule has 4 heteroatoms. The molecular formula is C14H19ClN2S. The fraction of sp³-hybridized carbons (Fsp3) is 0.571. The van der Waals surface area contributed by atoms with Crippen LogP contribution in [0.25, 0.3) is 0 Å². The van der Waals surface area contributed by atoms with E-state index in [0.717, 1.165) is 24.0 Å². The summed E-state index contributed by atoms with van der Waals surface area (Å²) in [6.07, 6.45) is 7.68. The van der Waals surface area contributed by atoms with Crippen molar-refractivity contribution >= 4 is 22.9 Å². The Kier molecular flexibility index (Phi) is 5.08. The minimum absolute atomic E-state index is 0.381. The minimum atomic E-state index is 0.381. The predicted molar refractivity (Wildman–Crippen MR) is 79.2 cm³/mol. The molecule has 1 unspecified atom stereocenters. The number of piperidine rings is 1. The second-order valence-corrected chi connectivity index (χ2v) is 6.53. The number of nitrogens with one attached hydrogen (secondary N) is 1. The molecule has 1 fully saturated rings. The van der Waals surface area contributed by atoms with Crippen LogP contribution in [-0.2, 0) is 0 Å². The van der Waals surface area contributed by atoms with E-state index in [4.69, 9.17) is 18.0 Å². The molecule has 1 aliphatic heterocycles. The smallest absolute Gasteiger partial charge is 0.0931 e. The number of halogens is 1. The van der Waals surface area contributed by atoms with Crippen molar-refractivity contribution in [2.24, 2.45) is 0 Å². The van der Waals surface area contributed by atoms with E-state index >= 15 is 0 Å². The van der Waals surface area contributed by atoms with E-state index < -0.39 is 0 Å². The maximum atomic E-state index is 5.97. The summed E-state index contributed by atoms with van der Waals surface area (Å²) in [5.74, 6) is 2.71. The summed E-state index contributed by atoms with van der Waals surface area (Å²) in [7, 11) is 0. The molecule has 1 atom stereocenters. The fourth-order valence-electron chi connectivity index (χ4n) is 2.38. The highest BCUT2D eigenvalue weighted by Crippen LogP contribution is 2.27. The van der Waals surface area contributed by atoms with Gasteiger partial charge in [-0.05, 0) is 31.9 Å². The number of rotatable bonds is 4. The summed E-state index contributed by atoms with van der Waals surface area (Å²) in [6.45, 7) is 5.18. The Labute approximate surface area is 118 Å². The quantitative estimate of drug-likeness (QED) is 0.854. The number of terminal acetylenes is 1. The minimum Gasteiger partial charge on any atom is -0.307 e. The molecule has 0 radical (unpaired) electrons. The SMILES string of the molecule is C#CCN1CCC(NC(C)c2ccc(Cl)s2)CC1. The maximum absolute atomic E-state index is 5.97. The van der Waals surface area contributed by atoms with E-state index in [1.54, 1.807) is 11.3 Å². The largest absolute Gasteiger partial charge is 0.307 e. The van der Waals surface area contributed by atoms with Gasteiger partial charge in [-0.15, -0.1) is 17.8 Å². The molecule has 18 heavy (non-hydrogen) atoms. The van der Waals surface area contributed by atoms with Crippen molar-refractivity contribution in [3.63, 3.8) is 0 Å². The van der Waals surface area contributed by atoms with Gasteiger partial charge in [0.1, 0.15) is 0 Å². The van der Waals surface area contributed by atoms with Crippen molar-refractivity contribution in [3.05, 3.63) is 21.3 Å². The van der Waals surface area contributed by atoms with Crippen molar-refractivity contribution in [1.29, 1.82) is 0 Å². The topological polar surface area (TPSA) is 15.3 Å². The summed E-state index contributed by atoms with van der Waals surface area (Å²) in [5, 5.41) is 3.68. The molecule has 2 nitrogen and oxygen atoms in total. The van der Waals surface area contributed by atoms with Crippen LogP contribution in [0.15, 0.2) is 12.1 Å². The first-order chi connectivity index (χ1) is 8.69. The zero-order valence-corrected chi connectivity index (χ0v) is 12.2. The Balaban J connectivity index is 1.79. The molecule has 0 amide bonds. The number of likely N-dealkylation sites (tertiary alicyclic amines) is 1. The Morgan fingerprint density at radius 1 is 1.56 bits per heavy atom. The monoisotopic (exact) mass is 282 g/mol. The van der Waals surface area contributed by atoms with Crippen LogP contribution in [-0.4, -0.2) is 30.6 Å². The second kappa shape index (κ2) is 6.58. The van der Waals surface area contributed by atoms with Gasteiger partial charge < -0.3 is 5.32 Å². The van der Waals surface area contributed by atoms with Gasteiger partial charge in [0.15, 0.2) is 0 Å². The van der Waals surface area contributed by atoms with Gasteiger partial charge in [0.05, 0.1) is 10.9 Å². The lowest BCUT2D eigenvalue weighted by Crippen LogP contribution is -2.43. The van der Waals surface area contributed by atoms with E-state index in [0.29, 0.717) is 12.1 Å². The van der Waals surface area contributed by atoms with E-state index in [-0.39, 0.29) is 0 Å². The van der Waals surface area contributed by atoms with Crippen molar-refractivity contribution in [2.75, 3.05) is 19.6 Å². The first-order valence-corrected chi connectivity index (χ1v) is 7.55. The molecule has 0 aliphatic carbocycles. The molecule has 0 spiro atoms. The van der Waals surface area contributed by atoms with Crippen LogP contribution in [0.4, 0.5) is 0 Å². The first kappa shape index (κ1) is 13.9. The molecule has 1 saturated heterocycles. The molecule has 2 rings (SSSR count). The number of nitrogens with zero attached hydrogens (tertiary/aromatic N) is 1. The molecule has 1 aromatic rings. The lowest BCUT2D eigenvalue weighted by atomic mass is 10.0. The van der Waals surface area contributed by atoms with Crippen LogP contribution in [0.1, 0.15) is 30.7 Å². The van der Waals surface area contributed by atoms with Crippen LogP contribution in [0.3, 0.4) is 0 Å². The van der Waals surface area contributed by atoms with E-state index in [2.05, 4.69) is 29.1 Å². The van der Waals surface area contributed by atoms with E-state index in [1.807, 2.05) is 6.07 Å². The van der Waals surface area contributed by atoms with Crippen molar-refractivity contribution in [2.45, 2.75) is 31.8 Å². The van der Waals surface area contributed by atoms with Gasteiger partial charge in [0.25, 0.3) is 0 Å². The molecule has 98 valence electrons. The second-order valence-electron chi connectivity index (χ2n) is 4.78. The van der Waals surface area contributed by atoms with Crippen LogP contribution < -0.4 is 5.32 Å². The van der Waals surface area contributed by atoms with Crippen molar-refractivity contribution in [1.82, 2.24) is 10.2 Å². The Morgan fingerprint density at radius 2 is 2.28 bits per heavy atom. The highest BCUT2D eigenvalue weighted by molar-refractivity contribution is 7.16. The normalized spacial score (nSPS) is 19.6. The van der Waals surface area contributed by atoms with Gasteiger partial charge in [-0.2, -0.15) is 0 Å². The van der Waals surface area contributed by atoms with Crippen molar-refractivity contribution < 1.29 is 0 Å². The number of thiophene rings is 1. The lowest BCUT2D eigenvalue weighted by Gasteiger charge is -2.32. The van der Waals surface area contributed by atoms with Gasteiger partial charge in [-0.3, -0.25) is 4.90 Å². The molecule has 0 aromatic carbocycles. The maximum Gasteiger partial charge on any atom is 0.0931 e. The third kappa shape index (κ3) is 3.73. The molecular weight excluding hydrogens is 264 g/mol. The van der Waals surface area contributed by atoms with E-state index in [9.17, 15) is 0 Å². The summed E-state index contributed by atoms with van der Waals surface area (Å²) in [5.41, 5.74) is 0. The van der Waals surface area contributed by atoms with Crippen LogP contribution in [0.2, 0.25) is 4.34 Å². The van der Waals surface area contributed by atoms with Crippen molar-refractivity contribution in [3.8, 4) is 12.3 Å². The first-order valence-electron chi connectivity index (χ1n) is 6.36. The number of hydrogen-bond acceptors (Lipinski definition) is 3. The third-order valence-corrected chi connectivity index (χ3v) is 4.82. The molecule has 1 aromatic heterocycles. The fourth-order valence-corrected chi connectivity index (χ4v) is 3.46.